The molecule has 148 valence electrons. The molecule has 3 rings (SSSR count). The minimum absolute atomic E-state index is 0.0638. The highest BCUT2D eigenvalue weighted by atomic mass is 32.1. The summed E-state index contributed by atoms with van der Waals surface area (Å²) in [4.78, 5) is 20.8. The summed E-state index contributed by atoms with van der Waals surface area (Å²) in [6, 6.07) is 11.7. The first-order valence-corrected chi connectivity index (χ1v) is 10.2. The van der Waals surface area contributed by atoms with E-state index in [1.807, 2.05) is 18.2 Å². The second-order valence-corrected chi connectivity index (χ2v) is 7.48. The van der Waals surface area contributed by atoms with Crippen LogP contribution in [0.1, 0.15) is 24.2 Å². The first-order valence-electron chi connectivity index (χ1n) is 9.41. The van der Waals surface area contributed by atoms with Crippen LogP contribution >= 0.6 is 11.3 Å². The van der Waals surface area contributed by atoms with Crippen molar-refractivity contribution in [2.75, 3.05) is 38.2 Å². The number of carbonyl (C=O) groups is 1. The van der Waals surface area contributed by atoms with Crippen LogP contribution in [0.4, 0.5) is 9.52 Å². The molecule has 0 unspecified atom stereocenters. The van der Waals surface area contributed by atoms with Crippen LogP contribution in [0.5, 0.6) is 5.75 Å². The fraction of sp³-hybridized carbons (Fsp3) is 0.333. The zero-order valence-electron chi connectivity index (χ0n) is 16.4. The summed E-state index contributed by atoms with van der Waals surface area (Å²) in [5.41, 5.74) is 0.828. The molecule has 1 heterocycles. The lowest BCUT2D eigenvalue weighted by molar-refractivity contribution is -0.894. The maximum Gasteiger partial charge on any atom is 0.263 e. The minimum atomic E-state index is -0.518. The molecule has 0 spiro atoms. The van der Waals surface area contributed by atoms with Gasteiger partial charge >= 0.3 is 0 Å². The van der Waals surface area contributed by atoms with Gasteiger partial charge in [0.2, 0.25) is 0 Å². The van der Waals surface area contributed by atoms with Gasteiger partial charge in [0.05, 0.1) is 49.1 Å². The number of benzene rings is 2. The number of nitrogens with one attached hydrogen (secondary N) is 1. The Balaban J connectivity index is 1.97. The van der Waals surface area contributed by atoms with E-state index in [9.17, 15) is 9.18 Å². The van der Waals surface area contributed by atoms with Crippen LogP contribution in [0, 0.1) is 5.82 Å². The van der Waals surface area contributed by atoms with E-state index in [0.717, 1.165) is 29.9 Å². The Morgan fingerprint density at radius 3 is 2.64 bits per heavy atom. The molecule has 1 N–H and O–H groups in total. The molecule has 0 saturated heterocycles. The molecule has 2 aromatic carbocycles. The number of anilines is 1. The number of fused-ring (bicyclic) bond motifs is 1. The number of quaternary nitrogens is 1. The second-order valence-electron chi connectivity index (χ2n) is 6.47. The molecular formula is C21H25FN3O2S+. The van der Waals surface area contributed by atoms with Crippen LogP contribution in [-0.2, 0) is 0 Å². The molecule has 0 fully saturated rings. The monoisotopic (exact) mass is 402 g/mol. The van der Waals surface area contributed by atoms with Crippen molar-refractivity contribution in [3.05, 3.63) is 53.8 Å². The zero-order valence-corrected chi connectivity index (χ0v) is 17.2. The van der Waals surface area contributed by atoms with Gasteiger partial charge in [-0.2, -0.15) is 0 Å². The number of thiazole rings is 1. The van der Waals surface area contributed by atoms with Gasteiger partial charge in [0.1, 0.15) is 11.6 Å². The van der Waals surface area contributed by atoms with E-state index in [0.29, 0.717) is 17.4 Å². The summed E-state index contributed by atoms with van der Waals surface area (Å²) in [5, 5.41) is 0.572. The third-order valence-electron chi connectivity index (χ3n) is 4.85. The Labute approximate surface area is 168 Å². The van der Waals surface area contributed by atoms with Crippen LogP contribution in [0.15, 0.2) is 42.5 Å². The standard InChI is InChI=1S/C21H24FN3O2S/c1-4-24(5-2)12-13-25(20(26)16-8-6-7-9-17(16)22)21-23-18-14-15(27-3)10-11-19(18)28-21/h6-11,14H,4-5,12-13H2,1-3H3/p+1. The van der Waals surface area contributed by atoms with Gasteiger partial charge < -0.3 is 9.64 Å². The molecule has 28 heavy (non-hydrogen) atoms. The van der Waals surface area contributed by atoms with Gasteiger partial charge in [-0.1, -0.05) is 23.5 Å². The predicted octanol–water partition coefficient (Wildman–Crippen LogP) is 3.02. The number of aromatic nitrogens is 1. The van der Waals surface area contributed by atoms with Gasteiger partial charge in [-0.15, -0.1) is 0 Å². The third-order valence-corrected chi connectivity index (χ3v) is 5.91. The quantitative estimate of drug-likeness (QED) is 0.630. The third kappa shape index (κ3) is 4.31. The highest BCUT2D eigenvalue weighted by Gasteiger charge is 2.24. The average Bonchev–Trinajstić information content (AvgIpc) is 3.14. The number of amides is 1. The second kappa shape index (κ2) is 9.12. The molecule has 0 aliphatic rings. The Hall–Kier alpha value is -2.51. The predicted molar refractivity (Wildman–Crippen MR) is 111 cm³/mol. The fourth-order valence-electron chi connectivity index (χ4n) is 3.08. The number of rotatable bonds is 8. The van der Waals surface area contributed by atoms with Gasteiger partial charge in [-0.3, -0.25) is 9.69 Å². The maximum absolute atomic E-state index is 14.3. The molecule has 0 radical (unpaired) electrons. The summed E-state index contributed by atoms with van der Waals surface area (Å²) in [6.45, 7) is 7.41. The van der Waals surface area contributed by atoms with E-state index in [2.05, 4.69) is 18.8 Å². The van der Waals surface area contributed by atoms with Crippen molar-refractivity contribution in [2.24, 2.45) is 0 Å². The highest BCUT2D eigenvalue weighted by Crippen LogP contribution is 2.32. The Morgan fingerprint density at radius 2 is 1.96 bits per heavy atom. The topological polar surface area (TPSA) is 46.9 Å². The van der Waals surface area contributed by atoms with Crippen LogP contribution in [0.2, 0.25) is 0 Å². The minimum Gasteiger partial charge on any atom is -0.497 e. The van der Waals surface area contributed by atoms with Crippen molar-refractivity contribution in [3.63, 3.8) is 0 Å². The molecule has 0 atom stereocenters. The zero-order chi connectivity index (χ0) is 20.1. The lowest BCUT2D eigenvalue weighted by atomic mass is 10.2. The van der Waals surface area contributed by atoms with E-state index >= 15 is 0 Å². The van der Waals surface area contributed by atoms with E-state index < -0.39 is 5.82 Å². The number of nitrogens with zero attached hydrogens (tertiary/aromatic N) is 2. The van der Waals surface area contributed by atoms with Gasteiger partial charge in [0.25, 0.3) is 5.91 Å². The molecule has 1 amide bonds. The van der Waals surface area contributed by atoms with Crippen molar-refractivity contribution in [2.45, 2.75) is 13.8 Å². The molecule has 0 bridgehead atoms. The lowest BCUT2D eigenvalue weighted by Gasteiger charge is -2.23. The Kier molecular flexibility index (Phi) is 6.59. The number of hydrogen-bond donors (Lipinski definition) is 1. The first kappa shape index (κ1) is 20.2. The van der Waals surface area contributed by atoms with Crippen molar-refractivity contribution in [3.8, 4) is 5.75 Å². The summed E-state index contributed by atoms with van der Waals surface area (Å²) >= 11 is 1.43. The number of ether oxygens (including phenoxy) is 1. The fourth-order valence-corrected chi connectivity index (χ4v) is 4.05. The Morgan fingerprint density at radius 1 is 1.21 bits per heavy atom. The molecule has 0 aliphatic carbocycles. The van der Waals surface area contributed by atoms with Crippen molar-refractivity contribution in [1.29, 1.82) is 0 Å². The van der Waals surface area contributed by atoms with Crippen molar-refractivity contribution in [1.82, 2.24) is 4.98 Å². The van der Waals surface area contributed by atoms with Crippen molar-refractivity contribution < 1.29 is 18.8 Å². The summed E-state index contributed by atoms with van der Waals surface area (Å²) in [6.07, 6.45) is 0. The van der Waals surface area contributed by atoms with Crippen LogP contribution < -0.4 is 14.5 Å². The lowest BCUT2D eigenvalue weighted by Crippen LogP contribution is -3.12. The van der Waals surface area contributed by atoms with Gasteiger partial charge in [-0.05, 0) is 38.1 Å². The van der Waals surface area contributed by atoms with E-state index in [-0.39, 0.29) is 11.5 Å². The Bertz CT molecular complexity index is 956. The number of carbonyl (C=O) groups excluding carboxylic acids is 1. The number of methoxy groups -OCH3 is 1. The van der Waals surface area contributed by atoms with E-state index in [1.165, 1.54) is 28.4 Å². The van der Waals surface area contributed by atoms with E-state index in [1.54, 1.807) is 24.1 Å². The summed E-state index contributed by atoms with van der Waals surface area (Å²) < 4.78 is 20.5. The largest absolute Gasteiger partial charge is 0.497 e. The van der Waals surface area contributed by atoms with Gasteiger partial charge in [0, 0.05) is 6.07 Å². The maximum atomic E-state index is 14.3. The van der Waals surface area contributed by atoms with Crippen LogP contribution in [0.25, 0.3) is 10.2 Å². The molecule has 5 nitrogen and oxygen atoms in total. The molecule has 3 aromatic rings. The molecule has 1 aromatic heterocycles. The van der Waals surface area contributed by atoms with Crippen molar-refractivity contribution >= 4 is 32.6 Å². The first-order chi connectivity index (χ1) is 13.6. The van der Waals surface area contributed by atoms with Gasteiger partial charge in [0.15, 0.2) is 5.13 Å². The molecular weight excluding hydrogens is 377 g/mol. The summed E-state index contributed by atoms with van der Waals surface area (Å²) in [5.74, 6) is -0.171. The van der Waals surface area contributed by atoms with Crippen LogP contribution in [0.3, 0.4) is 0 Å². The van der Waals surface area contributed by atoms with Crippen LogP contribution in [-0.4, -0.2) is 44.2 Å². The SMILES string of the molecule is CC[NH+](CC)CCN(C(=O)c1ccccc1F)c1nc2cc(OC)ccc2s1. The number of likely N-dealkylation sites (N-methyl/N-ethyl adjacent to an activating group) is 1. The summed E-state index contributed by atoms with van der Waals surface area (Å²) in [7, 11) is 1.61. The smallest absolute Gasteiger partial charge is 0.263 e. The van der Waals surface area contributed by atoms with E-state index in [4.69, 9.17) is 4.74 Å². The average molecular weight is 403 g/mol. The number of halogens is 1. The number of hydrogen-bond acceptors (Lipinski definition) is 4. The van der Waals surface area contributed by atoms with Gasteiger partial charge in [-0.25, -0.2) is 9.37 Å². The molecule has 0 saturated carbocycles. The molecule has 7 heteroatoms. The highest BCUT2D eigenvalue weighted by molar-refractivity contribution is 7.22. The molecule has 0 aliphatic heterocycles. The normalized spacial score (nSPS) is 11.2.